The predicted octanol–water partition coefficient (Wildman–Crippen LogP) is 1.60. The third kappa shape index (κ3) is 2.36. The van der Waals surface area contributed by atoms with E-state index in [2.05, 4.69) is 10.3 Å². The van der Waals surface area contributed by atoms with Gasteiger partial charge in [-0.15, -0.1) is 0 Å². The van der Waals surface area contributed by atoms with Crippen LogP contribution in [0.2, 0.25) is 0 Å². The molecular formula is C16H20FN3O2. The van der Waals surface area contributed by atoms with Gasteiger partial charge >= 0.3 is 0 Å². The molecule has 1 saturated heterocycles. The minimum Gasteiger partial charge on any atom is -0.359 e. The maximum Gasteiger partial charge on any atom is 0.256 e. The van der Waals surface area contributed by atoms with Gasteiger partial charge in [0.15, 0.2) is 5.82 Å². The predicted molar refractivity (Wildman–Crippen MR) is 78.6 cm³/mol. The Labute approximate surface area is 128 Å². The number of carbonyl (C=O) groups is 2. The average molecular weight is 305 g/mol. The maximum absolute atomic E-state index is 13.7. The minimum absolute atomic E-state index is 0.0439. The highest BCUT2D eigenvalue weighted by atomic mass is 19.1. The number of aromatic nitrogens is 1. The second kappa shape index (κ2) is 5.66. The molecule has 1 aliphatic heterocycles. The molecule has 1 spiro atoms. The Bertz CT molecular complexity index is 607. The smallest absolute Gasteiger partial charge is 0.256 e. The summed E-state index contributed by atoms with van der Waals surface area (Å²) in [6.07, 6.45) is 6.11. The van der Waals surface area contributed by atoms with Crippen molar-refractivity contribution in [1.82, 2.24) is 15.2 Å². The van der Waals surface area contributed by atoms with Crippen molar-refractivity contribution in [2.24, 2.45) is 11.3 Å². The summed E-state index contributed by atoms with van der Waals surface area (Å²) < 4.78 is 13.7. The van der Waals surface area contributed by atoms with Gasteiger partial charge in [0.1, 0.15) is 0 Å². The zero-order valence-corrected chi connectivity index (χ0v) is 12.6. The van der Waals surface area contributed by atoms with E-state index in [0.717, 1.165) is 31.9 Å². The summed E-state index contributed by atoms with van der Waals surface area (Å²) in [7, 11) is 1.65. The lowest BCUT2D eigenvalue weighted by Crippen LogP contribution is -2.40. The first kappa shape index (κ1) is 14.9. The third-order valence-electron chi connectivity index (χ3n) is 5.14. The Morgan fingerprint density at radius 1 is 1.45 bits per heavy atom. The van der Waals surface area contributed by atoms with Crippen molar-refractivity contribution in [2.75, 3.05) is 20.1 Å². The number of rotatable bonds is 2. The molecule has 2 unspecified atom stereocenters. The number of halogens is 1. The Kier molecular flexibility index (Phi) is 3.85. The minimum atomic E-state index is -0.595. The third-order valence-corrected chi connectivity index (χ3v) is 5.14. The first-order chi connectivity index (χ1) is 10.6. The average Bonchev–Trinajstić information content (AvgIpc) is 3.14. The zero-order valence-electron chi connectivity index (χ0n) is 12.6. The van der Waals surface area contributed by atoms with Crippen LogP contribution in [0.25, 0.3) is 0 Å². The van der Waals surface area contributed by atoms with Crippen LogP contribution in [0.15, 0.2) is 18.5 Å². The van der Waals surface area contributed by atoms with E-state index in [1.165, 1.54) is 12.3 Å². The summed E-state index contributed by atoms with van der Waals surface area (Å²) >= 11 is 0. The van der Waals surface area contributed by atoms with E-state index in [0.29, 0.717) is 13.1 Å². The van der Waals surface area contributed by atoms with Crippen molar-refractivity contribution in [1.29, 1.82) is 0 Å². The van der Waals surface area contributed by atoms with E-state index in [9.17, 15) is 14.0 Å². The number of hydrogen-bond donors (Lipinski definition) is 1. The highest BCUT2D eigenvalue weighted by Gasteiger charge is 2.51. The molecule has 1 aromatic rings. The number of nitrogens with zero attached hydrogens (tertiary/aromatic N) is 2. The molecule has 6 heteroatoms. The van der Waals surface area contributed by atoms with Gasteiger partial charge in [-0.3, -0.25) is 14.6 Å². The second-order valence-corrected chi connectivity index (χ2v) is 6.25. The summed E-state index contributed by atoms with van der Waals surface area (Å²) in [5.41, 5.74) is -0.0826. The van der Waals surface area contributed by atoms with Crippen LogP contribution in [0, 0.1) is 17.2 Å². The lowest BCUT2D eigenvalue weighted by molar-refractivity contribution is -0.127. The molecule has 5 nitrogen and oxygen atoms in total. The number of hydrogen-bond acceptors (Lipinski definition) is 3. The van der Waals surface area contributed by atoms with Crippen molar-refractivity contribution >= 4 is 11.8 Å². The summed E-state index contributed by atoms with van der Waals surface area (Å²) in [4.78, 5) is 30.0. The molecule has 1 saturated carbocycles. The first-order valence-corrected chi connectivity index (χ1v) is 7.68. The molecular weight excluding hydrogens is 285 g/mol. The van der Waals surface area contributed by atoms with Crippen LogP contribution in [0.4, 0.5) is 4.39 Å². The molecule has 118 valence electrons. The quantitative estimate of drug-likeness (QED) is 0.903. The van der Waals surface area contributed by atoms with Crippen LogP contribution < -0.4 is 5.32 Å². The normalized spacial score (nSPS) is 27.4. The second-order valence-electron chi connectivity index (χ2n) is 6.25. The Morgan fingerprint density at radius 3 is 3.00 bits per heavy atom. The van der Waals surface area contributed by atoms with Crippen molar-refractivity contribution in [2.45, 2.75) is 25.7 Å². The van der Waals surface area contributed by atoms with Crippen molar-refractivity contribution in [3.8, 4) is 0 Å². The van der Waals surface area contributed by atoms with Gasteiger partial charge in [0.05, 0.1) is 11.8 Å². The molecule has 0 bridgehead atoms. The van der Waals surface area contributed by atoms with Gasteiger partial charge < -0.3 is 10.2 Å². The van der Waals surface area contributed by atoms with Crippen LogP contribution in [0.1, 0.15) is 36.0 Å². The largest absolute Gasteiger partial charge is 0.359 e. The highest BCUT2D eigenvalue weighted by molar-refractivity contribution is 5.94. The number of likely N-dealkylation sites (tertiary alicyclic amines) is 1. The molecule has 3 rings (SSSR count). The summed E-state index contributed by atoms with van der Waals surface area (Å²) in [5.74, 6) is -0.887. The van der Waals surface area contributed by atoms with Gasteiger partial charge in [-0.05, 0) is 25.3 Å². The van der Waals surface area contributed by atoms with Crippen LogP contribution in [-0.4, -0.2) is 41.8 Å². The van der Waals surface area contributed by atoms with Gasteiger partial charge in [0.2, 0.25) is 5.91 Å². The lowest BCUT2D eigenvalue weighted by atomic mass is 9.76. The molecule has 2 aliphatic rings. The number of pyridine rings is 1. The molecule has 2 heterocycles. The molecule has 1 N–H and O–H groups in total. The van der Waals surface area contributed by atoms with Crippen molar-refractivity contribution < 1.29 is 14.0 Å². The Balaban J connectivity index is 1.79. The standard InChI is InChI=1S/C16H20FN3O2/c1-18-14(21)12-3-2-5-16(12)6-8-20(10-16)15(22)11-4-7-19-9-13(11)17/h4,7,9,12H,2-3,5-6,8,10H2,1H3,(H,18,21). The van der Waals surface area contributed by atoms with E-state index >= 15 is 0 Å². The molecule has 0 radical (unpaired) electrons. The van der Waals surface area contributed by atoms with Gasteiger partial charge in [-0.25, -0.2) is 4.39 Å². The van der Waals surface area contributed by atoms with Crippen molar-refractivity contribution in [3.63, 3.8) is 0 Å². The Morgan fingerprint density at radius 2 is 2.27 bits per heavy atom. The number of amides is 2. The number of carbonyl (C=O) groups excluding carboxylic acids is 2. The van der Waals surface area contributed by atoms with E-state index < -0.39 is 5.82 Å². The van der Waals surface area contributed by atoms with E-state index in [4.69, 9.17) is 0 Å². The topological polar surface area (TPSA) is 62.3 Å². The number of nitrogens with one attached hydrogen (secondary N) is 1. The molecule has 0 aromatic carbocycles. The summed E-state index contributed by atoms with van der Waals surface area (Å²) in [6, 6.07) is 1.41. The molecule has 1 aliphatic carbocycles. The maximum atomic E-state index is 13.7. The molecule has 2 fully saturated rings. The Hall–Kier alpha value is -1.98. The fourth-order valence-corrected chi connectivity index (χ4v) is 4.00. The van der Waals surface area contributed by atoms with Crippen LogP contribution >= 0.6 is 0 Å². The molecule has 2 atom stereocenters. The fourth-order valence-electron chi connectivity index (χ4n) is 4.00. The molecule has 2 amide bonds. The van der Waals surface area contributed by atoms with Gasteiger partial charge in [0.25, 0.3) is 5.91 Å². The van der Waals surface area contributed by atoms with Crippen LogP contribution in [0.5, 0.6) is 0 Å². The van der Waals surface area contributed by atoms with E-state index in [1.807, 2.05) is 0 Å². The van der Waals surface area contributed by atoms with E-state index in [1.54, 1.807) is 11.9 Å². The monoisotopic (exact) mass is 305 g/mol. The lowest BCUT2D eigenvalue weighted by Gasteiger charge is -2.30. The van der Waals surface area contributed by atoms with Gasteiger partial charge in [0, 0.05) is 37.7 Å². The highest BCUT2D eigenvalue weighted by Crippen LogP contribution is 2.50. The van der Waals surface area contributed by atoms with Crippen LogP contribution in [0.3, 0.4) is 0 Å². The SMILES string of the molecule is CNC(=O)C1CCCC12CCN(C(=O)c1ccncc1F)C2. The van der Waals surface area contributed by atoms with Crippen molar-refractivity contribution in [3.05, 3.63) is 29.8 Å². The summed E-state index contributed by atoms with van der Waals surface area (Å²) in [6.45, 7) is 1.11. The molecule has 1 aromatic heterocycles. The zero-order chi connectivity index (χ0) is 15.7. The molecule has 22 heavy (non-hydrogen) atoms. The van der Waals surface area contributed by atoms with Gasteiger partial charge in [-0.1, -0.05) is 6.42 Å². The first-order valence-electron chi connectivity index (χ1n) is 7.68. The van der Waals surface area contributed by atoms with Crippen LogP contribution in [-0.2, 0) is 4.79 Å². The van der Waals surface area contributed by atoms with Gasteiger partial charge in [-0.2, -0.15) is 0 Å². The van der Waals surface area contributed by atoms with E-state index in [-0.39, 0.29) is 28.7 Å². The fraction of sp³-hybridized carbons (Fsp3) is 0.562. The summed E-state index contributed by atoms with van der Waals surface area (Å²) in [5, 5.41) is 2.73.